The van der Waals surface area contributed by atoms with Gasteiger partial charge in [0.1, 0.15) is 0 Å². The second kappa shape index (κ2) is 7.14. The molecule has 1 aliphatic rings. The minimum Gasteiger partial charge on any atom is -0.255 e. The third-order valence-electron chi connectivity index (χ3n) is 5.77. The fraction of sp³-hybridized carbons (Fsp3) is 0.409. The van der Waals surface area contributed by atoms with Gasteiger partial charge in [-0.15, -0.1) is 12.6 Å². The molecule has 2 heteroatoms. The first-order chi connectivity index (χ1) is 11.6. The SMILES string of the molecule is C=C(CCC1(CCC)Cc2ccccc2[C@H]1C)c1ccc(S)cn1. The van der Waals surface area contributed by atoms with Gasteiger partial charge in [0.15, 0.2) is 0 Å². The molecule has 1 nitrogen and oxygen atoms in total. The van der Waals surface area contributed by atoms with E-state index in [0.717, 1.165) is 22.6 Å². The van der Waals surface area contributed by atoms with Crippen molar-refractivity contribution in [2.45, 2.75) is 56.8 Å². The monoisotopic (exact) mass is 337 g/mol. The maximum Gasteiger partial charge on any atom is 0.0656 e. The number of benzene rings is 1. The fourth-order valence-electron chi connectivity index (χ4n) is 4.34. The Hall–Kier alpha value is -1.54. The summed E-state index contributed by atoms with van der Waals surface area (Å²) in [5.74, 6) is 0.620. The van der Waals surface area contributed by atoms with Crippen LogP contribution in [-0.2, 0) is 6.42 Å². The quantitative estimate of drug-likeness (QED) is 0.609. The second-order valence-electron chi connectivity index (χ2n) is 7.21. The van der Waals surface area contributed by atoms with Crippen LogP contribution in [0.25, 0.3) is 5.57 Å². The van der Waals surface area contributed by atoms with E-state index in [2.05, 4.69) is 62.3 Å². The molecule has 0 N–H and O–H groups in total. The van der Waals surface area contributed by atoms with Crippen molar-refractivity contribution in [3.05, 3.63) is 66.0 Å². The van der Waals surface area contributed by atoms with Crippen LogP contribution in [0.2, 0.25) is 0 Å². The van der Waals surface area contributed by atoms with Crippen LogP contribution in [0.3, 0.4) is 0 Å². The number of rotatable bonds is 6. The Morgan fingerprint density at radius 2 is 2.04 bits per heavy atom. The summed E-state index contributed by atoms with van der Waals surface area (Å²) < 4.78 is 0. The zero-order valence-electron chi connectivity index (χ0n) is 14.8. The van der Waals surface area contributed by atoms with E-state index in [1.807, 2.05) is 12.1 Å². The van der Waals surface area contributed by atoms with Crippen LogP contribution >= 0.6 is 12.6 Å². The number of fused-ring (bicyclic) bond motifs is 1. The van der Waals surface area contributed by atoms with Gasteiger partial charge in [-0.2, -0.15) is 0 Å². The topological polar surface area (TPSA) is 12.9 Å². The van der Waals surface area contributed by atoms with E-state index >= 15 is 0 Å². The molecule has 1 heterocycles. The number of nitrogens with zero attached hydrogens (tertiary/aromatic N) is 1. The van der Waals surface area contributed by atoms with Crippen molar-refractivity contribution >= 4 is 18.2 Å². The van der Waals surface area contributed by atoms with Crippen LogP contribution in [0, 0.1) is 5.41 Å². The first kappa shape index (κ1) is 17.3. The van der Waals surface area contributed by atoms with Gasteiger partial charge < -0.3 is 0 Å². The Bertz CT molecular complexity index is 719. The summed E-state index contributed by atoms with van der Waals surface area (Å²) in [7, 11) is 0. The van der Waals surface area contributed by atoms with E-state index in [-0.39, 0.29) is 0 Å². The van der Waals surface area contributed by atoms with Gasteiger partial charge in [0.05, 0.1) is 5.69 Å². The zero-order chi connectivity index (χ0) is 17.2. The maximum atomic E-state index is 4.47. The first-order valence-electron chi connectivity index (χ1n) is 8.97. The van der Waals surface area contributed by atoms with Crippen LogP contribution in [0.15, 0.2) is 54.1 Å². The van der Waals surface area contributed by atoms with Crippen molar-refractivity contribution < 1.29 is 0 Å². The highest BCUT2D eigenvalue weighted by Crippen LogP contribution is 2.53. The Balaban J connectivity index is 1.76. The molecule has 0 aliphatic heterocycles. The molecule has 0 saturated carbocycles. The molecular weight excluding hydrogens is 310 g/mol. The summed E-state index contributed by atoms with van der Waals surface area (Å²) >= 11 is 4.31. The van der Waals surface area contributed by atoms with E-state index in [1.165, 1.54) is 25.7 Å². The summed E-state index contributed by atoms with van der Waals surface area (Å²) in [6.07, 6.45) is 7.71. The number of thiol groups is 1. The predicted molar refractivity (Wildman–Crippen MR) is 106 cm³/mol. The average Bonchev–Trinajstić information content (AvgIpc) is 2.87. The third kappa shape index (κ3) is 3.30. The van der Waals surface area contributed by atoms with Gasteiger partial charge in [-0.25, -0.2) is 0 Å². The number of hydrogen-bond acceptors (Lipinski definition) is 2. The Morgan fingerprint density at radius 1 is 1.25 bits per heavy atom. The van der Waals surface area contributed by atoms with Crippen LogP contribution in [-0.4, -0.2) is 4.98 Å². The summed E-state index contributed by atoms with van der Waals surface area (Å²) in [6.45, 7) is 9.01. The average molecular weight is 338 g/mol. The lowest BCUT2D eigenvalue weighted by Gasteiger charge is -2.34. The van der Waals surface area contributed by atoms with E-state index in [4.69, 9.17) is 0 Å². The van der Waals surface area contributed by atoms with Gasteiger partial charge in [0, 0.05) is 11.1 Å². The molecule has 2 aromatic rings. The number of aromatic nitrogens is 1. The Labute approximate surface area is 151 Å². The lowest BCUT2D eigenvalue weighted by molar-refractivity contribution is 0.213. The highest BCUT2D eigenvalue weighted by Gasteiger charge is 2.42. The smallest absolute Gasteiger partial charge is 0.0656 e. The Kier molecular flexibility index (Phi) is 5.15. The molecule has 24 heavy (non-hydrogen) atoms. The molecule has 2 atom stereocenters. The van der Waals surface area contributed by atoms with Crippen LogP contribution in [0.4, 0.5) is 0 Å². The van der Waals surface area contributed by atoms with E-state index in [9.17, 15) is 0 Å². The summed E-state index contributed by atoms with van der Waals surface area (Å²) in [5.41, 5.74) is 5.60. The molecule has 0 amide bonds. The summed E-state index contributed by atoms with van der Waals surface area (Å²) in [5, 5.41) is 0. The summed E-state index contributed by atoms with van der Waals surface area (Å²) in [4.78, 5) is 5.37. The zero-order valence-corrected chi connectivity index (χ0v) is 15.7. The molecule has 1 unspecified atom stereocenters. The Morgan fingerprint density at radius 3 is 2.71 bits per heavy atom. The van der Waals surface area contributed by atoms with E-state index < -0.39 is 0 Å². The van der Waals surface area contributed by atoms with E-state index in [1.54, 1.807) is 17.3 Å². The van der Waals surface area contributed by atoms with Crippen molar-refractivity contribution in [3.63, 3.8) is 0 Å². The molecule has 0 fully saturated rings. The fourth-order valence-corrected chi connectivity index (χ4v) is 4.47. The molecule has 0 radical (unpaired) electrons. The van der Waals surface area contributed by atoms with Crippen molar-refractivity contribution in [2.24, 2.45) is 5.41 Å². The molecule has 0 bridgehead atoms. The highest BCUT2D eigenvalue weighted by molar-refractivity contribution is 7.80. The van der Waals surface area contributed by atoms with Crippen molar-refractivity contribution in [1.82, 2.24) is 4.98 Å². The van der Waals surface area contributed by atoms with Crippen molar-refractivity contribution in [2.75, 3.05) is 0 Å². The number of allylic oxidation sites excluding steroid dienone is 1. The van der Waals surface area contributed by atoms with Gasteiger partial charge in [0.25, 0.3) is 0 Å². The van der Waals surface area contributed by atoms with Gasteiger partial charge in [-0.1, -0.05) is 51.1 Å². The second-order valence-corrected chi connectivity index (χ2v) is 7.73. The molecule has 126 valence electrons. The van der Waals surface area contributed by atoms with Gasteiger partial charge in [-0.05, 0) is 65.8 Å². The van der Waals surface area contributed by atoms with Gasteiger partial charge in [-0.3, -0.25) is 4.98 Å². The molecule has 1 aliphatic carbocycles. The molecule has 0 spiro atoms. The lowest BCUT2D eigenvalue weighted by Crippen LogP contribution is -2.24. The first-order valence-corrected chi connectivity index (χ1v) is 9.41. The largest absolute Gasteiger partial charge is 0.255 e. The molecule has 1 aromatic heterocycles. The minimum absolute atomic E-state index is 0.366. The number of pyridine rings is 1. The molecule has 1 aromatic carbocycles. The minimum atomic E-state index is 0.366. The number of hydrogen-bond donors (Lipinski definition) is 1. The van der Waals surface area contributed by atoms with Crippen molar-refractivity contribution in [1.29, 1.82) is 0 Å². The van der Waals surface area contributed by atoms with Crippen LogP contribution in [0.5, 0.6) is 0 Å². The summed E-state index contributed by atoms with van der Waals surface area (Å²) in [6, 6.07) is 13.0. The normalized spacial score (nSPS) is 22.4. The van der Waals surface area contributed by atoms with Gasteiger partial charge >= 0.3 is 0 Å². The van der Waals surface area contributed by atoms with Gasteiger partial charge in [0.2, 0.25) is 0 Å². The van der Waals surface area contributed by atoms with Crippen LogP contribution in [0.1, 0.15) is 62.3 Å². The predicted octanol–water partition coefficient (Wildman–Crippen LogP) is 6.31. The molecular formula is C22H27NS. The third-order valence-corrected chi connectivity index (χ3v) is 6.03. The molecule has 0 saturated heterocycles. The molecule has 3 rings (SSSR count). The standard InChI is InChI=1S/C22H27NS/c1-4-12-22(14-18-7-5-6-8-20(18)17(22)3)13-11-16(2)21-10-9-19(24)15-23-21/h5-10,15,17,24H,2,4,11-14H2,1,3H3/t17-,22?/m1/s1. The maximum absolute atomic E-state index is 4.47. The highest BCUT2D eigenvalue weighted by atomic mass is 32.1. The van der Waals surface area contributed by atoms with E-state index in [0.29, 0.717) is 11.3 Å². The lowest BCUT2D eigenvalue weighted by atomic mass is 9.70. The van der Waals surface area contributed by atoms with Crippen LogP contribution < -0.4 is 0 Å². The van der Waals surface area contributed by atoms with Crippen molar-refractivity contribution in [3.8, 4) is 0 Å².